The number of nitrogens with zero attached hydrogens (tertiary/aromatic N) is 1. The van der Waals surface area contributed by atoms with E-state index >= 15 is 0 Å². The molecule has 1 aromatic heterocycles. The quantitative estimate of drug-likeness (QED) is 0.928. The molecule has 88 valence electrons. The van der Waals surface area contributed by atoms with Crippen molar-refractivity contribution in [2.24, 2.45) is 0 Å². The minimum absolute atomic E-state index is 0.149. The highest BCUT2D eigenvalue weighted by molar-refractivity contribution is 7.09. The first-order chi connectivity index (χ1) is 8.15. The molecule has 3 nitrogen and oxygen atoms in total. The molecule has 2 aromatic rings. The van der Waals surface area contributed by atoms with Crippen molar-refractivity contribution in [3.8, 4) is 0 Å². The number of aromatic nitrogens is 1. The van der Waals surface area contributed by atoms with Crippen LogP contribution < -0.4 is 5.32 Å². The lowest BCUT2D eigenvalue weighted by atomic mass is 10.2. The van der Waals surface area contributed by atoms with Crippen LogP contribution >= 0.6 is 22.9 Å². The van der Waals surface area contributed by atoms with E-state index in [0.717, 1.165) is 10.6 Å². The average molecular weight is 267 g/mol. The van der Waals surface area contributed by atoms with Crippen molar-refractivity contribution in [1.29, 1.82) is 0 Å². The number of rotatable bonds is 3. The number of thiazole rings is 1. The zero-order valence-electron chi connectivity index (χ0n) is 9.24. The highest BCUT2D eigenvalue weighted by Crippen LogP contribution is 2.10. The van der Waals surface area contributed by atoms with E-state index in [1.54, 1.807) is 17.5 Å². The number of hydrogen-bond donors (Lipinski definition) is 1. The molecule has 2 rings (SSSR count). The number of nitrogens with one attached hydrogen (secondary N) is 1. The molecule has 17 heavy (non-hydrogen) atoms. The third kappa shape index (κ3) is 3.28. The molecule has 0 aliphatic rings. The summed E-state index contributed by atoms with van der Waals surface area (Å²) in [6.07, 6.45) is 0. The largest absolute Gasteiger partial charge is 0.347 e. The van der Waals surface area contributed by atoms with Crippen LogP contribution in [-0.4, -0.2) is 10.9 Å². The molecule has 0 aliphatic heterocycles. The lowest BCUT2D eigenvalue weighted by Gasteiger charge is -2.03. The monoisotopic (exact) mass is 266 g/mol. The van der Waals surface area contributed by atoms with Gasteiger partial charge in [0.1, 0.15) is 5.69 Å². The maximum atomic E-state index is 11.7. The summed E-state index contributed by atoms with van der Waals surface area (Å²) < 4.78 is 0. The molecule has 0 saturated carbocycles. The zero-order valence-corrected chi connectivity index (χ0v) is 10.8. The van der Waals surface area contributed by atoms with Gasteiger partial charge < -0.3 is 5.32 Å². The predicted octanol–water partition coefficient (Wildman–Crippen LogP) is 3.03. The average Bonchev–Trinajstić information content (AvgIpc) is 2.75. The Kier molecular flexibility index (Phi) is 3.76. The lowest BCUT2D eigenvalue weighted by Crippen LogP contribution is -2.23. The molecule has 0 atom stereocenters. The number of aryl methyl sites for hydroxylation is 1. The topological polar surface area (TPSA) is 42.0 Å². The van der Waals surface area contributed by atoms with Crippen LogP contribution in [0.3, 0.4) is 0 Å². The van der Waals surface area contributed by atoms with Crippen LogP contribution in [0.4, 0.5) is 0 Å². The van der Waals surface area contributed by atoms with E-state index in [2.05, 4.69) is 10.3 Å². The normalized spacial score (nSPS) is 10.2. The first-order valence-electron chi connectivity index (χ1n) is 5.10. The summed E-state index contributed by atoms with van der Waals surface area (Å²) >= 11 is 7.24. The zero-order chi connectivity index (χ0) is 12.3. The van der Waals surface area contributed by atoms with E-state index in [0.29, 0.717) is 17.3 Å². The van der Waals surface area contributed by atoms with Crippen LogP contribution in [-0.2, 0) is 6.54 Å². The Morgan fingerprint density at radius 3 is 2.71 bits per heavy atom. The molecule has 0 spiro atoms. The molecule has 0 bridgehead atoms. The molecule has 0 radical (unpaired) electrons. The van der Waals surface area contributed by atoms with Crippen molar-refractivity contribution in [3.05, 3.63) is 50.9 Å². The summed E-state index contributed by atoms with van der Waals surface area (Å²) in [5.41, 5.74) is 1.48. The van der Waals surface area contributed by atoms with E-state index < -0.39 is 0 Å². The fraction of sp³-hybridized carbons (Fsp3) is 0.167. The van der Waals surface area contributed by atoms with E-state index in [9.17, 15) is 4.79 Å². The van der Waals surface area contributed by atoms with Gasteiger partial charge in [0, 0.05) is 16.9 Å². The smallest absolute Gasteiger partial charge is 0.271 e. The molecule has 0 fully saturated rings. The van der Waals surface area contributed by atoms with Gasteiger partial charge in [-0.3, -0.25) is 4.79 Å². The maximum Gasteiger partial charge on any atom is 0.271 e. The van der Waals surface area contributed by atoms with E-state index in [1.165, 1.54) is 11.3 Å². The van der Waals surface area contributed by atoms with Crippen LogP contribution in [0.1, 0.15) is 21.1 Å². The maximum absolute atomic E-state index is 11.7. The summed E-state index contributed by atoms with van der Waals surface area (Å²) in [6.45, 7) is 2.35. The van der Waals surface area contributed by atoms with Crippen molar-refractivity contribution in [1.82, 2.24) is 10.3 Å². The van der Waals surface area contributed by atoms with Gasteiger partial charge >= 0.3 is 0 Å². The van der Waals surface area contributed by atoms with Gasteiger partial charge in [-0.25, -0.2) is 4.98 Å². The summed E-state index contributed by atoms with van der Waals surface area (Å²) in [5, 5.41) is 6.15. The second kappa shape index (κ2) is 5.29. The molecule has 0 aliphatic carbocycles. The van der Waals surface area contributed by atoms with Gasteiger partial charge in [0.15, 0.2) is 0 Å². The summed E-state index contributed by atoms with van der Waals surface area (Å²) in [6, 6.07) is 7.37. The molecule has 1 aromatic carbocycles. The van der Waals surface area contributed by atoms with Crippen LogP contribution in [0.15, 0.2) is 29.6 Å². The van der Waals surface area contributed by atoms with E-state index in [-0.39, 0.29) is 5.91 Å². The van der Waals surface area contributed by atoms with Crippen LogP contribution in [0.5, 0.6) is 0 Å². The lowest BCUT2D eigenvalue weighted by molar-refractivity contribution is 0.0946. The van der Waals surface area contributed by atoms with E-state index in [4.69, 9.17) is 11.6 Å². The first-order valence-corrected chi connectivity index (χ1v) is 6.35. The Morgan fingerprint density at radius 1 is 1.41 bits per heavy atom. The molecule has 0 saturated heterocycles. The second-order valence-corrected chi connectivity index (χ2v) is 5.06. The summed E-state index contributed by atoms with van der Waals surface area (Å²) in [5.74, 6) is -0.149. The molecule has 1 heterocycles. The minimum Gasteiger partial charge on any atom is -0.347 e. The van der Waals surface area contributed by atoms with Crippen molar-refractivity contribution >= 4 is 28.8 Å². The van der Waals surface area contributed by atoms with E-state index in [1.807, 2.05) is 19.1 Å². The van der Waals surface area contributed by atoms with Crippen molar-refractivity contribution in [2.75, 3.05) is 0 Å². The van der Waals surface area contributed by atoms with Crippen molar-refractivity contribution in [2.45, 2.75) is 13.5 Å². The van der Waals surface area contributed by atoms with Crippen molar-refractivity contribution < 1.29 is 4.79 Å². The number of amides is 1. The second-order valence-electron chi connectivity index (χ2n) is 3.56. The molecule has 5 heteroatoms. The molecule has 1 N–H and O–H groups in total. The Bertz CT molecular complexity index is 522. The Hall–Kier alpha value is -1.39. The van der Waals surface area contributed by atoms with Crippen molar-refractivity contribution in [3.63, 3.8) is 0 Å². The first kappa shape index (κ1) is 12.1. The molecular formula is C12H11ClN2OS. The number of benzene rings is 1. The summed E-state index contributed by atoms with van der Waals surface area (Å²) in [7, 11) is 0. The fourth-order valence-electron chi connectivity index (χ4n) is 1.34. The highest BCUT2D eigenvalue weighted by Gasteiger charge is 2.08. The van der Waals surface area contributed by atoms with Gasteiger partial charge in [0.2, 0.25) is 0 Å². The fourth-order valence-corrected chi connectivity index (χ4v) is 2.06. The number of carbonyl (C=O) groups excluding carboxylic acids is 1. The third-order valence-electron chi connectivity index (χ3n) is 2.22. The number of carbonyl (C=O) groups is 1. The van der Waals surface area contributed by atoms with Gasteiger partial charge in [-0.1, -0.05) is 23.7 Å². The predicted molar refractivity (Wildman–Crippen MR) is 69.5 cm³/mol. The Balaban J connectivity index is 1.94. The SMILES string of the molecule is Cc1nc(C(=O)NCc2ccc(Cl)cc2)cs1. The van der Waals surface area contributed by atoms with Crippen LogP contribution in [0.2, 0.25) is 5.02 Å². The minimum atomic E-state index is -0.149. The standard InChI is InChI=1S/C12H11ClN2OS/c1-8-15-11(7-17-8)12(16)14-6-9-2-4-10(13)5-3-9/h2-5,7H,6H2,1H3,(H,14,16). The van der Waals surface area contributed by atoms with Gasteiger partial charge in [-0.15, -0.1) is 11.3 Å². The van der Waals surface area contributed by atoms with Gasteiger partial charge in [-0.05, 0) is 24.6 Å². The third-order valence-corrected chi connectivity index (χ3v) is 3.24. The van der Waals surface area contributed by atoms with Crippen LogP contribution in [0, 0.1) is 6.92 Å². The summed E-state index contributed by atoms with van der Waals surface area (Å²) in [4.78, 5) is 15.8. The Morgan fingerprint density at radius 2 is 2.12 bits per heavy atom. The molecular weight excluding hydrogens is 256 g/mol. The molecule has 1 amide bonds. The van der Waals surface area contributed by atoms with Gasteiger partial charge in [0.05, 0.1) is 5.01 Å². The number of halogens is 1. The van der Waals surface area contributed by atoms with Gasteiger partial charge in [0.25, 0.3) is 5.91 Å². The molecule has 0 unspecified atom stereocenters. The highest BCUT2D eigenvalue weighted by atomic mass is 35.5. The van der Waals surface area contributed by atoms with Gasteiger partial charge in [-0.2, -0.15) is 0 Å². The van der Waals surface area contributed by atoms with Crippen LogP contribution in [0.25, 0.3) is 0 Å². The Labute approximate surface area is 108 Å². The number of hydrogen-bond acceptors (Lipinski definition) is 3.